The van der Waals surface area contributed by atoms with Crippen LogP contribution in [-0.4, -0.2) is 47.1 Å². The summed E-state index contributed by atoms with van der Waals surface area (Å²) >= 11 is 0. The summed E-state index contributed by atoms with van der Waals surface area (Å²) in [6, 6.07) is 7.96. The van der Waals surface area contributed by atoms with Crippen LogP contribution < -0.4 is 5.32 Å². The van der Waals surface area contributed by atoms with E-state index in [1.165, 1.54) is 4.90 Å². The highest BCUT2D eigenvalue weighted by atomic mass is 16.5. The lowest BCUT2D eigenvalue weighted by Crippen LogP contribution is -2.52. The Morgan fingerprint density at radius 2 is 1.73 bits per heavy atom. The number of Topliss-reactive ketones (excluding diaryl/α,β-unsaturated/α-hetero) is 1. The van der Waals surface area contributed by atoms with Crippen LogP contribution in [0, 0.1) is 17.8 Å². The number of carbonyl (C=O) groups excluding carboxylic acids is 4. The fraction of sp³-hybridized carbons (Fsp3) is 0.615. The van der Waals surface area contributed by atoms with Crippen LogP contribution in [0.5, 0.6) is 0 Å². The van der Waals surface area contributed by atoms with E-state index in [1.54, 1.807) is 0 Å². The number of nitrogens with zero attached hydrogens (tertiary/aromatic N) is 1. The number of ketones is 1. The lowest BCUT2D eigenvalue weighted by molar-refractivity contribution is -0.155. The van der Waals surface area contributed by atoms with Crippen molar-refractivity contribution in [2.24, 2.45) is 17.8 Å². The van der Waals surface area contributed by atoms with Crippen LogP contribution in [0.2, 0.25) is 0 Å². The van der Waals surface area contributed by atoms with Crippen LogP contribution in [0.4, 0.5) is 0 Å². The van der Waals surface area contributed by atoms with Gasteiger partial charge in [0.2, 0.25) is 11.8 Å². The molecule has 1 heterocycles. The quantitative estimate of drug-likeness (QED) is 0.405. The molecule has 1 saturated heterocycles. The summed E-state index contributed by atoms with van der Waals surface area (Å²) in [7, 11) is 0. The van der Waals surface area contributed by atoms with Crippen LogP contribution in [0.15, 0.2) is 30.3 Å². The Morgan fingerprint density at radius 3 is 2.33 bits per heavy atom. The predicted molar refractivity (Wildman–Crippen MR) is 126 cm³/mol. The van der Waals surface area contributed by atoms with Gasteiger partial charge in [-0.15, -0.1) is 0 Å². The van der Waals surface area contributed by atoms with E-state index in [0.29, 0.717) is 25.8 Å². The topological polar surface area (TPSA) is 92.8 Å². The van der Waals surface area contributed by atoms with Crippen LogP contribution in [0.25, 0.3) is 0 Å². The minimum Gasteiger partial charge on any atom is -0.459 e. The summed E-state index contributed by atoms with van der Waals surface area (Å²) in [5, 5.41) is 2.76. The molecule has 0 aliphatic carbocycles. The van der Waals surface area contributed by atoms with E-state index >= 15 is 0 Å². The molecule has 0 saturated carbocycles. The molecule has 182 valence electrons. The van der Waals surface area contributed by atoms with Crippen molar-refractivity contribution in [2.75, 3.05) is 6.54 Å². The van der Waals surface area contributed by atoms with Gasteiger partial charge in [-0.2, -0.15) is 0 Å². The summed E-state index contributed by atoms with van der Waals surface area (Å²) in [5.41, 5.74) is 0.881. The van der Waals surface area contributed by atoms with Crippen molar-refractivity contribution in [1.29, 1.82) is 0 Å². The number of benzene rings is 1. The second kappa shape index (κ2) is 12.5. The van der Waals surface area contributed by atoms with Crippen LogP contribution in [0.3, 0.4) is 0 Å². The van der Waals surface area contributed by atoms with Gasteiger partial charge < -0.3 is 15.0 Å². The molecule has 33 heavy (non-hydrogen) atoms. The van der Waals surface area contributed by atoms with E-state index in [0.717, 1.165) is 5.56 Å². The molecule has 1 aliphatic rings. The van der Waals surface area contributed by atoms with Crippen molar-refractivity contribution in [1.82, 2.24) is 10.2 Å². The first-order chi connectivity index (χ1) is 15.6. The number of esters is 1. The molecule has 2 amide bonds. The third kappa shape index (κ3) is 7.98. The van der Waals surface area contributed by atoms with Gasteiger partial charge in [0.15, 0.2) is 0 Å². The Bertz CT molecular complexity index is 821. The monoisotopic (exact) mass is 458 g/mol. The predicted octanol–water partition coefficient (Wildman–Crippen LogP) is 3.50. The Balaban J connectivity index is 2.02. The largest absolute Gasteiger partial charge is 0.459 e. The third-order valence-electron chi connectivity index (χ3n) is 6.21. The molecule has 1 aromatic carbocycles. The smallest absolute Gasteiger partial charge is 0.329 e. The van der Waals surface area contributed by atoms with Gasteiger partial charge in [-0.25, -0.2) is 4.79 Å². The maximum atomic E-state index is 13.4. The van der Waals surface area contributed by atoms with Gasteiger partial charge in [0, 0.05) is 12.5 Å². The average molecular weight is 459 g/mol. The van der Waals surface area contributed by atoms with E-state index in [1.807, 2.05) is 65.0 Å². The fourth-order valence-corrected chi connectivity index (χ4v) is 3.93. The molecule has 1 N–H and O–H groups in total. The number of hydrogen-bond acceptors (Lipinski definition) is 5. The Labute approximate surface area is 197 Å². The number of carbonyl (C=O) groups is 4. The second-order valence-electron chi connectivity index (χ2n) is 9.71. The van der Waals surface area contributed by atoms with Gasteiger partial charge in [-0.05, 0) is 36.7 Å². The number of rotatable bonds is 11. The lowest BCUT2D eigenvalue weighted by Gasteiger charge is -2.29. The highest BCUT2D eigenvalue weighted by Crippen LogP contribution is 2.22. The molecule has 0 radical (unpaired) electrons. The molecule has 0 unspecified atom stereocenters. The number of nitrogens with one attached hydrogen (secondary N) is 1. The van der Waals surface area contributed by atoms with Gasteiger partial charge in [-0.3, -0.25) is 14.4 Å². The van der Waals surface area contributed by atoms with Gasteiger partial charge in [0.1, 0.15) is 24.5 Å². The second-order valence-corrected chi connectivity index (χ2v) is 9.71. The summed E-state index contributed by atoms with van der Waals surface area (Å²) in [5.74, 6) is -1.24. The summed E-state index contributed by atoms with van der Waals surface area (Å²) in [4.78, 5) is 52.5. The number of hydrogen-bond donors (Lipinski definition) is 1. The van der Waals surface area contributed by atoms with Crippen LogP contribution in [-0.2, 0) is 30.5 Å². The molecule has 7 heteroatoms. The summed E-state index contributed by atoms with van der Waals surface area (Å²) in [6.45, 7) is 10.2. The molecule has 0 spiro atoms. The molecule has 3 atom stereocenters. The Morgan fingerprint density at radius 1 is 1.06 bits per heavy atom. The minimum atomic E-state index is -0.776. The SMILES string of the molecule is CC(C)C[C@H](NC(=O)CC(=O)[C@@H](C)C(C)C)C(=O)N1CCC[C@H]1C(=O)OCc1ccccc1. The molecule has 0 bridgehead atoms. The van der Waals surface area contributed by atoms with Gasteiger partial charge in [0.05, 0.1) is 6.42 Å². The fourth-order valence-electron chi connectivity index (χ4n) is 3.93. The van der Waals surface area contributed by atoms with E-state index in [9.17, 15) is 19.2 Å². The van der Waals surface area contributed by atoms with Crippen molar-refractivity contribution in [3.8, 4) is 0 Å². The van der Waals surface area contributed by atoms with Gasteiger partial charge in [0.25, 0.3) is 0 Å². The van der Waals surface area contributed by atoms with Crippen molar-refractivity contribution >= 4 is 23.6 Å². The van der Waals surface area contributed by atoms with Crippen molar-refractivity contribution < 1.29 is 23.9 Å². The Hall–Kier alpha value is -2.70. The first-order valence-electron chi connectivity index (χ1n) is 11.9. The van der Waals surface area contributed by atoms with Crippen LogP contribution in [0.1, 0.15) is 65.9 Å². The molecule has 0 aromatic heterocycles. The van der Waals surface area contributed by atoms with Gasteiger partial charge >= 0.3 is 5.97 Å². The van der Waals surface area contributed by atoms with E-state index in [-0.39, 0.29) is 42.5 Å². The maximum absolute atomic E-state index is 13.4. The van der Waals surface area contributed by atoms with E-state index < -0.39 is 24.0 Å². The summed E-state index contributed by atoms with van der Waals surface area (Å²) in [6.07, 6.45) is 1.42. The minimum absolute atomic E-state index is 0.137. The molecular weight excluding hydrogens is 420 g/mol. The zero-order valence-electron chi connectivity index (χ0n) is 20.5. The molecule has 1 fully saturated rings. The molecule has 7 nitrogen and oxygen atoms in total. The van der Waals surface area contributed by atoms with E-state index in [2.05, 4.69) is 5.32 Å². The normalized spacial score (nSPS) is 17.7. The average Bonchev–Trinajstić information content (AvgIpc) is 3.26. The van der Waals surface area contributed by atoms with Gasteiger partial charge in [-0.1, -0.05) is 65.0 Å². The molecule has 2 rings (SSSR count). The number of ether oxygens (including phenoxy) is 1. The summed E-state index contributed by atoms with van der Waals surface area (Å²) < 4.78 is 5.47. The van der Waals surface area contributed by atoms with E-state index in [4.69, 9.17) is 4.74 Å². The third-order valence-corrected chi connectivity index (χ3v) is 6.21. The molecule has 1 aromatic rings. The zero-order valence-corrected chi connectivity index (χ0v) is 20.5. The highest BCUT2D eigenvalue weighted by molar-refractivity contribution is 6.00. The molecule has 1 aliphatic heterocycles. The first kappa shape index (κ1) is 26.6. The standard InChI is InChI=1S/C26H38N2O5/c1-17(2)14-21(27-24(30)15-23(29)19(5)18(3)4)25(31)28-13-9-12-22(28)26(32)33-16-20-10-7-6-8-11-20/h6-8,10-11,17-19,21-22H,9,12-16H2,1-5H3,(H,27,30)/t19-,21-,22-/m0/s1. The highest BCUT2D eigenvalue weighted by Gasteiger charge is 2.39. The lowest BCUT2D eigenvalue weighted by atomic mass is 9.92. The maximum Gasteiger partial charge on any atom is 0.329 e. The van der Waals surface area contributed by atoms with Crippen molar-refractivity contribution in [3.05, 3.63) is 35.9 Å². The van der Waals surface area contributed by atoms with Crippen LogP contribution >= 0.6 is 0 Å². The number of amides is 2. The van der Waals surface area contributed by atoms with Crippen molar-refractivity contribution in [3.63, 3.8) is 0 Å². The number of likely N-dealkylation sites (tertiary alicyclic amines) is 1. The van der Waals surface area contributed by atoms with Crippen molar-refractivity contribution in [2.45, 2.75) is 79.0 Å². The Kier molecular flexibility index (Phi) is 10.1. The zero-order chi connectivity index (χ0) is 24.5. The molecular formula is C26H38N2O5. The first-order valence-corrected chi connectivity index (χ1v) is 11.9.